The van der Waals surface area contributed by atoms with Gasteiger partial charge in [-0.05, 0) is 19.0 Å². The number of nitro groups is 1. The van der Waals surface area contributed by atoms with Crippen molar-refractivity contribution in [2.45, 2.75) is 12.5 Å². The summed E-state index contributed by atoms with van der Waals surface area (Å²) in [5.41, 5.74) is 0.721. The average molecular weight is 238 g/mol. The van der Waals surface area contributed by atoms with Crippen molar-refractivity contribution in [2.24, 2.45) is 0 Å². The van der Waals surface area contributed by atoms with Gasteiger partial charge in [0.1, 0.15) is 0 Å². The van der Waals surface area contributed by atoms with Crippen LogP contribution in [-0.2, 0) is 0 Å². The molecule has 92 valence electrons. The van der Waals surface area contributed by atoms with Crippen molar-refractivity contribution in [1.82, 2.24) is 5.32 Å². The summed E-state index contributed by atoms with van der Waals surface area (Å²) < 4.78 is 10.2. The molecule has 1 aromatic carbocycles. The van der Waals surface area contributed by atoms with Gasteiger partial charge in [-0.15, -0.1) is 0 Å². The average Bonchev–Trinajstić information content (AvgIpc) is 2.25. The Morgan fingerprint density at radius 2 is 1.94 bits per heavy atom. The lowest BCUT2D eigenvalue weighted by molar-refractivity contribution is -0.386. The van der Waals surface area contributed by atoms with E-state index >= 15 is 0 Å². The standard InChI is InChI=1S/C11H14N2O4/c1-16-10-5-7(8-3-4-12-8)9(13(14)15)6-11(10)17-2/h5-6,8,12H,3-4H2,1-2H3/t8-/m0/s1. The largest absolute Gasteiger partial charge is 0.493 e. The highest BCUT2D eigenvalue weighted by Crippen LogP contribution is 2.39. The molecule has 1 atom stereocenters. The molecule has 1 fully saturated rings. The van der Waals surface area contributed by atoms with Crippen LogP contribution in [0.15, 0.2) is 12.1 Å². The zero-order valence-electron chi connectivity index (χ0n) is 9.73. The Kier molecular flexibility index (Phi) is 3.14. The van der Waals surface area contributed by atoms with Gasteiger partial charge in [-0.25, -0.2) is 0 Å². The van der Waals surface area contributed by atoms with Gasteiger partial charge < -0.3 is 14.8 Å². The van der Waals surface area contributed by atoms with E-state index in [9.17, 15) is 10.1 Å². The van der Waals surface area contributed by atoms with Gasteiger partial charge in [-0.1, -0.05) is 0 Å². The maximum absolute atomic E-state index is 11.0. The molecule has 0 aliphatic carbocycles. The number of methoxy groups -OCH3 is 2. The number of nitrogens with zero attached hydrogens (tertiary/aromatic N) is 1. The summed E-state index contributed by atoms with van der Waals surface area (Å²) in [6.45, 7) is 0.885. The molecule has 0 spiro atoms. The van der Waals surface area contributed by atoms with E-state index in [1.807, 2.05) is 0 Å². The van der Waals surface area contributed by atoms with E-state index in [1.54, 1.807) is 6.07 Å². The van der Waals surface area contributed by atoms with Crippen molar-refractivity contribution in [1.29, 1.82) is 0 Å². The number of nitrogens with one attached hydrogen (secondary N) is 1. The van der Waals surface area contributed by atoms with E-state index in [0.717, 1.165) is 13.0 Å². The molecule has 1 heterocycles. The summed E-state index contributed by atoms with van der Waals surface area (Å²) in [4.78, 5) is 10.6. The van der Waals surface area contributed by atoms with Crippen molar-refractivity contribution < 1.29 is 14.4 Å². The fourth-order valence-corrected chi connectivity index (χ4v) is 1.88. The number of hydrogen-bond donors (Lipinski definition) is 1. The lowest BCUT2D eigenvalue weighted by atomic mass is 9.96. The molecular formula is C11H14N2O4. The topological polar surface area (TPSA) is 73.6 Å². The SMILES string of the molecule is COc1cc([C@@H]2CCN2)c([N+](=O)[O-])cc1OC. The molecule has 0 amide bonds. The number of ether oxygens (including phenoxy) is 2. The maximum Gasteiger partial charge on any atom is 0.278 e. The van der Waals surface area contributed by atoms with Crippen molar-refractivity contribution >= 4 is 5.69 Å². The Labute approximate surface area is 98.7 Å². The predicted molar refractivity (Wildman–Crippen MR) is 61.6 cm³/mol. The van der Waals surface area contributed by atoms with Gasteiger partial charge in [0.15, 0.2) is 11.5 Å². The fourth-order valence-electron chi connectivity index (χ4n) is 1.88. The third-order valence-corrected chi connectivity index (χ3v) is 2.93. The Hall–Kier alpha value is -1.82. The van der Waals surface area contributed by atoms with Crippen LogP contribution < -0.4 is 14.8 Å². The molecule has 1 N–H and O–H groups in total. The van der Waals surface area contributed by atoms with Gasteiger partial charge in [0.25, 0.3) is 5.69 Å². The highest BCUT2D eigenvalue weighted by atomic mass is 16.6. The molecule has 1 aliphatic rings. The van der Waals surface area contributed by atoms with Gasteiger partial charge in [-0.2, -0.15) is 0 Å². The Balaban J connectivity index is 2.50. The van der Waals surface area contributed by atoms with E-state index in [2.05, 4.69) is 5.32 Å². The monoisotopic (exact) mass is 238 g/mol. The summed E-state index contributed by atoms with van der Waals surface area (Å²) in [7, 11) is 2.98. The summed E-state index contributed by atoms with van der Waals surface area (Å²) in [6, 6.07) is 3.12. The minimum atomic E-state index is -0.392. The van der Waals surface area contributed by atoms with Gasteiger partial charge >= 0.3 is 0 Å². The van der Waals surface area contributed by atoms with E-state index in [0.29, 0.717) is 17.1 Å². The van der Waals surface area contributed by atoms with Crippen LogP contribution in [0.3, 0.4) is 0 Å². The second-order valence-corrected chi connectivity index (χ2v) is 3.82. The quantitative estimate of drug-likeness (QED) is 0.637. The lowest BCUT2D eigenvalue weighted by Crippen LogP contribution is -2.35. The first kappa shape index (κ1) is 11.7. The van der Waals surface area contributed by atoms with Crippen molar-refractivity contribution in [3.63, 3.8) is 0 Å². The summed E-state index contributed by atoms with van der Waals surface area (Å²) in [6.07, 6.45) is 0.899. The normalized spacial score (nSPS) is 18.4. The molecule has 1 aromatic rings. The van der Waals surface area contributed by atoms with Crippen molar-refractivity contribution in [3.05, 3.63) is 27.8 Å². The smallest absolute Gasteiger partial charge is 0.278 e. The first-order valence-corrected chi connectivity index (χ1v) is 5.31. The molecule has 1 aliphatic heterocycles. The Morgan fingerprint density at radius 1 is 1.35 bits per heavy atom. The molecule has 2 rings (SSSR count). The van der Waals surface area contributed by atoms with Crippen LogP contribution in [0.25, 0.3) is 0 Å². The van der Waals surface area contributed by atoms with Gasteiger partial charge in [0, 0.05) is 6.04 Å². The Morgan fingerprint density at radius 3 is 2.35 bits per heavy atom. The molecule has 0 bridgehead atoms. The first-order chi connectivity index (χ1) is 8.17. The molecule has 0 unspecified atom stereocenters. The highest BCUT2D eigenvalue weighted by Gasteiger charge is 2.28. The molecule has 6 nitrogen and oxygen atoms in total. The molecule has 0 radical (unpaired) electrons. The second kappa shape index (κ2) is 4.58. The second-order valence-electron chi connectivity index (χ2n) is 3.82. The van der Waals surface area contributed by atoms with Crippen LogP contribution >= 0.6 is 0 Å². The third-order valence-electron chi connectivity index (χ3n) is 2.93. The van der Waals surface area contributed by atoms with Gasteiger partial charge in [0.05, 0.1) is 30.8 Å². The Bertz CT molecular complexity index is 443. The molecular weight excluding hydrogens is 224 g/mol. The first-order valence-electron chi connectivity index (χ1n) is 5.31. The minimum absolute atomic E-state index is 0.0372. The predicted octanol–water partition coefficient (Wildman–Crippen LogP) is 1.65. The third kappa shape index (κ3) is 2.03. The van der Waals surface area contributed by atoms with E-state index < -0.39 is 4.92 Å². The summed E-state index contributed by atoms with van der Waals surface area (Å²) in [5.74, 6) is 0.893. The number of benzene rings is 1. The lowest BCUT2D eigenvalue weighted by Gasteiger charge is -2.28. The summed E-state index contributed by atoms with van der Waals surface area (Å²) in [5, 5.41) is 14.2. The van der Waals surface area contributed by atoms with Crippen molar-refractivity contribution in [3.8, 4) is 11.5 Å². The van der Waals surface area contributed by atoms with Crippen LogP contribution in [0.2, 0.25) is 0 Å². The molecule has 1 saturated heterocycles. The van der Waals surface area contributed by atoms with E-state index in [1.165, 1.54) is 20.3 Å². The van der Waals surface area contributed by atoms with E-state index in [4.69, 9.17) is 9.47 Å². The van der Waals surface area contributed by atoms with Crippen LogP contribution in [0.5, 0.6) is 11.5 Å². The molecule has 0 aromatic heterocycles. The van der Waals surface area contributed by atoms with Gasteiger partial charge in [0.2, 0.25) is 0 Å². The van der Waals surface area contributed by atoms with Crippen LogP contribution in [0.4, 0.5) is 5.69 Å². The fraction of sp³-hybridized carbons (Fsp3) is 0.455. The zero-order valence-corrected chi connectivity index (χ0v) is 9.73. The number of nitro benzene ring substituents is 1. The number of hydrogen-bond acceptors (Lipinski definition) is 5. The maximum atomic E-state index is 11.0. The van der Waals surface area contributed by atoms with Gasteiger partial charge in [-0.3, -0.25) is 10.1 Å². The van der Waals surface area contributed by atoms with Crippen LogP contribution in [-0.4, -0.2) is 25.7 Å². The molecule has 0 saturated carbocycles. The highest BCUT2D eigenvalue weighted by molar-refractivity contribution is 5.55. The van der Waals surface area contributed by atoms with Crippen LogP contribution in [0.1, 0.15) is 18.0 Å². The number of rotatable bonds is 4. The summed E-state index contributed by atoms with van der Waals surface area (Å²) >= 11 is 0. The molecule has 6 heteroatoms. The zero-order chi connectivity index (χ0) is 12.4. The van der Waals surface area contributed by atoms with Crippen molar-refractivity contribution in [2.75, 3.05) is 20.8 Å². The molecule has 17 heavy (non-hydrogen) atoms. The van der Waals surface area contributed by atoms with Crippen LogP contribution in [0, 0.1) is 10.1 Å². The van der Waals surface area contributed by atoms with E-state index in [-0.39, 0.29) is 11.7 Å². The minimum Gasteiger partial charge on any atom is -0.493 e.